The highest BCUT2D eigenvalue weighted by Crippen LogP contribution is 2.43. The van der Waals surface area contributed by atoms with Crippen LogP contribution < -0.4 is 15.4 Å². The van der Waals surface area contributed by atoms with Crippen molar-refractivity contribution in [2.75, 3.05) is 51.3 Å². The Labute approximate surface area is 220 Å². The van der Waals surface area contributed by atoms with Crippen molar-refractivity contribution in [2.24, 2.45) is 11.1 Å². The van der Waals surface area contributed by atoms with Gasteiger partial charge < -0.3 is 25.2 Å². The van der Waals surface area contributed by atoms with Crippen molar-refractivity contribution in [3.05, 3.63) is 47.8 Å². The lowest BCUT2D eigenvalue weighted by Crippen LogP contribution is -2.59. The van der Waals surface area contributed by atoms with E-state index in [1.54, 1.807) is 4.90 Å². The zero-order chi connectivity index (χ0) is 27.0. The molecule has 3 aliphatic heterocycles. The second-order valence-corrected chi connectivity index (χ2v) is 10.3. The highest BCUT2D eigenvalue weighted by molar-refractivity contribution is 6.00. The first-order valence-corrected chi connectivity index (χ1v) is 12.7. The molecule has 10 nitrogen and oxygen atoms in total. The number of rotatable bonds is 7. The summed E-state index contributed by atoms with van der Waals surface area (Å²) in [7, 11) is 2.03. The van der Waals surface area contributed by atoms with Gasteiger partial charge >= 0.3 is 6.01 Å². The Morgan fingerprint density at radius 3 is 2.76 bits per heavy atom. The highest BCUT2D eigenvalue weighted by Gasteiger charge is 2.49. The van der Waals surface area contributed by atoms with E-state index in [2.05, 4.69) is 27.5 Å². The van der Waals surface area contributed by atoms with Gasteiger partial charge in [0.25, 0.3) is 0 Å². The van der Waals surface area contributed by atoms with Crippen molar-refractivity contribution in [2.45, 2.75) is 25.3 Å². The molecule has 1 aromatic carbocycles. The van der Waals surface area contributed by atoms with E-state index in [0.29, 0.717) is 38.6 Å². The van der Waals surface area contributed by atoms with Gasteiger partial charge in [-0.15, -0.1) is 0 Å². The van der Waals surface area contributed by atoms with E-state index in [-0.39, 0.29) is 45.8 Å². The summed E-state index contributed by atoms with van der Waals surface area (Å²) in [5.41, 5.74) is 5.21. The lowest BCUT2D eigenvalue weighted by atomic mass is 9.79. The summed E-state index contributed by atoms with van der Waals surface area (Å²) in [5.74, 6) is -1.35. The number of hydrogen-bond donors (Lipinski definition) is 1. The Kier molecular flexibility index (Phi) is 6.75. The molecule has 0 aliphatic carbocycles. The predicted octanol–water partition coefficient (Wildman–Crippen LogP) is 1.95. The fourth-order valence-electron chi connectivity index (χ4n) is 5.76. The van der Waals surface area contributed by atoms with Gasteiger partial charge in [0, 0.05) is 37.6 Å². The number of carbonyl (C=O) groups excluding carboxylic acids is 2. The number of primary amides is 1. The summed E-state index contributed by atoms with van der Waals surface area (Å²) in [6.45, 7) is 7.19. The summed E-state index contributed by atoms with van der Waals surface area (Å²) in [6, 6.07) is 6.32. The molecule has 0 radical (unpaired) electrons. The fraction of sp³-hybridized carbons (Fsp3) is 0.444. The Balaban J connectivity index is 1.54. The van der Waals surface area contributed by atoms with Crippen LogP contribution >= 0.6 is 0 Å². The summed E-state index contributed by atoms with van der Waals surface area (Å²) in [4.78, 5) is 39.1. The van der Waals surface area contributed by atoms with Crippen molar-refractivity contribution in [3.8, 4) is 23.3 Å². The molecule has 3 aliphatic rings. The zero-order valence-electron chi connectivity index (χ0n) is 21.3. The first-order valence-electron chi connectivity index (χ1n) is 12.7. The van der Waals surface area contributed by atoms with Crippen molar-refractivity contribution in [1.82, 2.24) is 19.8 Å². The molecule has 3 fully saturated rings. The number of nitrogens with two attached hydrogens (primary N) is 1. The zero-order valence-corrected chi connectivity index (χ0v) is 21.3. The van der Waals surface area contributed by atoms with Gasteiger partial charge in [0.1, 0.15) is 29.8 Å². The number of likely N-dealkylation sites (N-methyl/N-ethyl adjacent to an activating group) is 1. The molecular weight excluding hydrogens is 489 g/mol. The number of amides is 2. The van der Waals surface area contributed by atoms with Crippen LogP contribution in [0.5, 0.6) is 6.01 Å². The van der Waals surface area contributed by atoms with Gasteiger partial charge in [-0.1, -0.05) is 12.6 Å². The summed E-state index contributed by atoms with van der Waals surface area (Å²) in [6.07, 6.45) is 4.14. The lowest BCUT2D eigenvalue weighted by molar-refractivity contribution is -0.136. The van der Waals surface area contributed by atoms with Gasteiger partial charge in [-0.2, -0.15) is 15.2 Å². The highest BCUT2D eigenvalue weighted by atomic mass is 19.1. The Hall–Kier alpha value is -4.04. The molecule has 1 spiro atoms. The number of ether oxygens (including phenoxy) is 1. The molecule has 11 heteroatoms. The summed E-state index contributed by atoms with van der Waals surface area (Å²) >= 11 is 0. The number of aromatic nitrogens is 2. The minimum atomic E-state index is -0.833. The number of nitrogens with zero attached hydrogens (tertiary/aromatic N) is 6. The molecule has 5 rings (SSSR count). The van der Waals surface area contributed by atoms with Crippen molar-refractivity contribution >= 4 is 17.6 Å². The first-order chi connectivity index (χ1) is 18.2. The molecule has 198 valence electrons. The van der Waals surface area contributed by atoms with Crippen LogP contribution in [0.3, 0.4) is 0 Å². The van der Waals surface area contributed by atoms with E-state index in [1.165, 1.54) is 24.3 Å². The average molecular weight is 520 g/mol. The monoisotopic (exact) mass is 519 g/mol. The van der Waals surface area contributed by atoms with Gasteiger partial charge in [0.15, 0.2) is 5.82 Å². The predicted molar refractivity (Wildman–Crippen MR) is 138 cm³/mol. The van der Waals surface area contributed by atoms with E-state index in [4.69, 9.17) is 10.5 Å². The standard InChI is InChI=1S/C27H30FN7O3/c1-3-21(36)35-15-27(16-35)9-11-34(14-27)25-19(12-29)23(22-18(24(30)37)7-4-8-20(22)28)31-26(32-25)38-13-17-6-5-10-33(17)2/h3-4,7-8,17H,1,5-6,9-11,13-16H2,2H3,(H2,30,37)/t17-/m0/s1. The number of carbonyl (C=O) groups is 2. The van der Waals surface area contributed by atoms with Crippen LogP contribution in [0.2, 0.25) is 0 Å². The molecule has 2 amide bonds. The first kappa shape index (κ1) is 25.6. The normalized spacial score (nSPS) is 20.3. The van der Waals surface area contributed by atoms with E-state index >= 15 is 4.39 Å². The van der Waals surface area contributed by atoms with E-state index < -0.39 is 11.7 Å². The minimum absolute atomic E-state index is 0.00555. The number of halogens is 1. The molecule has 3 saturated heterocycles. The molecule has 2 N–H and O–H groups in total. The molecule has 1 aromatic heterocycles. The number of hydrogen-bond acceptors (Lipinski definition) is 8. The van der Waals surface area contributed by atoms with Gasteiger partial charge in [-0.25, -0.2) is 4.39 Å². The Bertz CT molecular complexity index is 1330. The molecular formula is C27H30FN7O3. The number of nitriles is 1. The second kappa shape index (κ2) is 10.0. The van der Waals surface area contributed by atoms with Crippen molar-refractivity contribution in [3.63, 3.8) is 0 Å². The van der Waals surface area contributed by atoms with Crippen LogP contribution in [0.4, 0.5) is 10.2 Å². The fourth-order valence-corrected chi connectivity index (χ4v) is 5.76. The van der Waals surface area contributed by atoms with Crippen LogP contribution in [0.1, 0.15) is 35.2 Å². The smallest absolute Gasteiger partial charge is 0.319 e. The quantitative estimate of drug-likeness (QED) is 0.550. The van der Waals surface area contributed by atoms with Crippen LogP contribution in [-0.2, 0) is 4.79 Å². The molecule has 1 atom stereocenters. The van der Waals surface area contributed by atoms with E-state index in [9.17, 15) is 14.9 Å². The molecule has 0 unspecified atom stereocenters. The van der Waals surface area contributed by atoms with Crippen LogP contribution in [-0.4, -0.2) is 84.0 Å². The molecule has 0 bridgehead atoms. The molecule has 4 heterocycles. The van der Waals surface area contributed by atoms with E-state index in [0.717, 1.165) is 25.8 Å². The lowest BCUT2D eigenvalue weighted by Gasteiger charge is -2.47. The van der Waals surface area contributed by atoms with Gasteiger partial charge in [-0.05, 0) is 51.1 Å². The summed E-state index contributed by atoms with van der Waals surface area (Å²) in [5, 5.41) is 10.2. The number of anilines is 1. The molecule has 0 saturated carbocycles. The topological polar surface area (TPSA) is 129 Å². The average Bonchev–Trinajstić information content (AvgIpc) is 3.52. The molecule has 38 heavy (non-hydrogen) atoms. The van der Waals surface area contributed by atoms with Crippen LogP contribution in [0.25, 0.3) is 11.3 Å². The Morgan fingerprint density at radius 2 is 2.11 bits per heavy atom. The minimum Gasteiger partial charge on any atom is -0.462 e. The SMILES string of the molecule is C=CC(=O)N1CC2(CCN(c3nc(OC[C@@H]4CCCN4C)nc(-c4c(F)cccc4C(N)=O)c3C#N)C2)C1. The second-order valence-electron chi connectivity index (χ2n) is 10.3. The van der Waals surface area contributed by atoms with Gasteiger partial charge in [0.05, 0.1) is 11.1 Å². The maximum absolute atomic E-state index is 15.2. The van der Waals surface area contributed by atoms with Crippen LogP contribution in [0, 0.1) is 22.6 Å². The molecule has 2 aromatic rings. The Morgan fingerprint density at radius 1 is 1.32 bits per heavy atom. The maximum Gasteiger partial charge on any atom is 0.319 e. The van der Waals surface area contributed by atoms with Gasteiger partial charge in [0.2, 0.25) is 11.8 Å². The third-order valence-corrected chi connectivity index (χ3v) is 7.85. The third-order valence-electron chi connectivity index (χ3n) is 7.85. The maximum atomic E-state index is 15.2. The summed E-state index contributed by atoms with van der Waals surface area (Å²) < 4.78 is 21.2. The largest absolute Gasteiger partial charge is 0.462 e. The number of benzene rings is 1. The van der Waals surface area contributed by atoms with Crippen molar-refractivity contribution in [1.29, 1.82) is 5.26 Å². The van der Waals surface area contributed by atoms with E-state index in [1.807, 2.05) is 11.9 Å². The third kappa shape index (κ3) is 4.56. The van der Waals surface area contributed by atoms with Crippen LogP contribution in [0.15, 0.2) is 30.9 Å². The van der Waals surface area contributed by atoms with Gasteiger partial charge in [-0.3, -0.25) is 9.59 Å². The van der Waals surface area contributed by atoms with Crippen molar-refractivity contribution < 1.29 is 18.7 Å². The number of likely N-dealkylation sites (tertiary alicyclic amines) is 2.